The fourth-order valence-corrected chi connectivity index (χ4v) is 1.82. The van der Waals surface area contributed by atoms with E-state index in [0.29, 0.717) is 13.2 Å². The van der Waals surface area contributed by atoms with E-state index in [9.17, 15) is 0 Å². The van der Waals surface area contributed by atoms with Crippen LogP contribution in [0.3, 0.4) is 0 Å². The Hall–Kier alpha value is -1.52. The number of benzene rings is 1. The van der Waals surface area contributed by atoms with Crippen molar-refractivity contribution >= 4 is 0 Å². The Bertz CT molecular complexity index is 404. The fourth-order valence-electron chi connectivity index (χ4n) is 1.82. The van der Waals surface area contributed by atoms with Crippen LogP contribution in [-0.2, 0) is 0 Å². The minimum atomic E-state index is -0.114. The first-order valence-corrected chi connectivity index (χ1v) is 5.24. The highest BCUT2D eigenvalue weighted by Gasteiger charge is 2.21. The van der Waals surface area contributed by atoms with E-state index in [1.165, 1.54) is 0 Å². The van der Waals surface area contributed by atoms with Crippen molar-refractivity contribution in [3.63, 3.8) is 0 Å². The van der Waals surface area contributed by atoms with Crippen LogP contribution in [0.2, 0.25) is 0 Å². The maximum Gasteiger partial charge on any atom is 0.166 e. The van der Waals surface area contributed by atoms with Crippen LogP contribution in [0.1, 0.15) is 18.5 Å². The molecule has 0 fully saturated rings. The summed E-state index contributed by atoms with van der Waals surface area (Å²) < 4.78 is 11.1. The number of hydrogen-bond acceptors (Lipinski definition) is 4. The Balaban J connectivity index is 2.43. The van der Waals surface area contributed by atoms with Crippen molar-refractivity contribution in [2.45, 2.75) is 13.0 Å². The lowest BCUT2D eigenvalue weighted by atomic mass is 10.00. The molecule has 1 aliphatic heterocycles. The molecule has 1 unspecified atom stereocenters. The van der Waals surface area contributed by atoms with Crippen LogP contribution in [0.15, 0.2) is 30.4 Å². The summed E-state index contributed by atoms with van der Waals surface area (Å²) in [5.41, 5.74) is 4.63. The summed E-state index contributed by atoms with van der Waals surface area (Å²) in [6, 6.07) is 5.67. The number of ether oxygens (including phenoxy) is 2. The van der Waals surface area contributed by atoms with Gasteiger partial charge in [0.25, 0.3) is 0 Å². The number of para-hydroxylation sites is 1. The Kier molecular flexibility index (Phi) is 3.12. The van der Waals surface area contributed by atoms with Gasteiger partial charge in [-0.3, -0.25) is 5.84 Å². The van der Waals surface area contributed by atoms with Gasteiger partial charge >= 0.3 is 0 Å². The molecule has 0 radical (unpaired) electrons. The van der Waals surface area contributed by atoms with E-state index >= 15 is 0 Å². The van der Waals surface area contributed by atoms with E-state index < -0.39 is 0 Å². The SMILES string of the molecule is C=C(C)C(NN)c1cccc2c1OCCO2. The van der Waals surface area contributed by atoms with Gasteiger partial charge in [-0.1, -0.05) is 24.3 Å². The molecule has 86 valence electrons. The van der Waals surface area contributed by atoms with E-state index in [1.807, 2.05) is 25.1 Å². The molecule has 0 amide bonds. The lowest BCUT2D eigenvalue weighted by Gasteiger charge is -2.25. The van der Waals surface area contributed by atoms with Crippen LogP contribution in [-0.4, -0.2) is 13.2 Å². The van der Waals surface area contributed by atoms with Gasteiger partial charge in [-0.05, 0) is 13.0 Å². The van der Waals surface area contributed by atoms with Crippen molar-refractivity contribution < 1.29 is 9.47 Å². The maximum absolute atomic E-state index is 5.63. The first-order valence-electron chi connectivity index (χ1n) is 5.24. The average Bonchev–Trinajstić information content (AvgIpc) is 2.30. The first kappa shape index (κ1) is 11.0. The van der Waals surface area contributed by atoms with Gasteiger partial charge in [0.1, 0.15) is 13.2 Å². The normalized spacial score (nSPS) is 15.6. The molecule has 1 heterocycles. The van der Waals surface area contributed by atoms with Crippen molar-refractivity contribution in [1.29, 1.82) is 0 Å². The van der Waals surface area contributed by atoms with Crippen molar-refractivity contribution in [1.82, 2.24) is 5.43 Å². The monoisotopic (exact) mass is 220 g/mol. The summed E-state index contributed by atoms with van der Waals surface area (Å²) in [5, 5.41) is 0. The molecule has 0 aliphatic carbocycles. The molecule has 4 heteroatoms. The van der Waals surface area contributed by atoms with Gasteiger partial charge < -0.3 is 9.47 Å². The summed E-state index contributed by atoms with van der Waals surface area (Å²) in [4.78, 5) is 0. The smallest absolute Gasteiger partial charge is 0.166 e. The second-order valence-electron chi connectivity index (χ2n) is 3.82. The third-order valence-corrected chi connectivity index (χ3v) is 2.57. The summed E-state index contributed by atoms with van der Waals surface area (Å²) in [7, 11) is 0. The van der Waals surface area contributed by atoms with E-state index in [4.69, 9.17) is 15.3 Å². The second-order valence-corrected chi connectivity index (χ2v) is 3.82. The van der Waals surface area contributed by atoms with Crippen molar-refractivity contribution in [3.8, 4) is 11.5 Å². The zero-order chi connectivity index (χ0) is 11.5. The third-order valence-electron chi connectivity index (χ3n) is 2.57. The van der Waals surface area contributed by atoms with Gasteiger partial charge in [-0.25, -0.2) is 5.43 Å². The molecule has 4 nitrogen and oxygen atoms in total. The van der Waals surface area contributed by atoms with E-state index in [0.717, 1.165) is 22.6 Å². The van der Waals surface area contributed by atoms with Gasteiger partial charge in [0.2, 0.25) is 0 Å². The highest BCUT2D eigenvalue weighted by atomic mass is 16.6. The fraction of sp³-hybridized carbons (Fsp3) is 0.333. The highest BCUT2D eigenvalue weighted by Crippen LogP contribution is 2.38. The lowest BCUT2D eigenvalue weighted by Crippen LogP contribution is -2.29. The molecule has 0 spiro atoms. The standard InChI is InChI=1S/C12H16N2O2/c1-8(2)11(14-13)9-4-3-5-10-12(9)16-7-6-15-10/h3-5,11,14H,1,6-7,13H2,2H3. The lowest BCUT2D eigenvalue weighted by molar-refractivity contribution is 0.169. The zero-order valence-corrected chi connectivity index (χ0v) is 9.32. The molecule has 0 saturated carbocycles. The predicted octanol–water partition coefficient (Wildman–Crippen LogP) is 1.54. The van der Waals surface area contributed by atoms with E-state index in [1.54, 1.807) is 0 Å². The molecule has 1 aromatic rings. The molecule has 0 saturated heterocycles. The molecule has 1 aromatic carbocycles. The minimum Gasteiger partial charge on any atom is -0.486 e. The molecule has 3 N–H and O–H groups in total. The van der Waals surface area contributed by atoms with Crippen LogP contribution in [0, 0.1) is 0 Å². The summed E-state index contributed by atoms with van der Waals surface area (Å²) in [6.45, 7) is 6.99. The summed E-state index contributed by atoms with van der Waals surface area (Å²) in [5.74, 6) is 7.06. The number of nitrogens with one attached hydrogen (secondary N) is 1. The van der Waals surface area contributed by atoms with Gasteiger partial charge in [0.15, 0.2) is 11.5 Å². The van der Waals surface area contributed by atoms with Crippen molar-refractivity contribution in [2.75, 3.05) is 13.2 Å². The average molecular weight is 220 g/mol. The number of hydrogen-bond donors (Lipinski definition) is 2. The molecule has 2 rings (SSSR count). The van der Waals surface area contributed by atoms with Crippen LogP contribution in [0.25, 0.3) is 0 Å². The highest BCUT2D eigenvalue weighted by molar-refractivity contribution is 5.50. The molecule has 1 atom stereocenters. The largest absolute Gasteiger partial charge is 0.486 e. The maximum atomic E-state index is 5.63. The molecule has 16 heavy (non-hydrogen) atoms. The second kappa shape index (κ2) is 4.55. The minimum absolute atomic E-state index is 0.114. The quantitative estimate of drug-likeness (QED) is 0.461. The molecule has 0 aromatic heterocycles. The van der Waals surface area contributed by atoms with Crippen molar-refractivity contribution in [2.24, 2.45) is 5.84 Å². The van der Waals surface area contributed by atoms with Crippen LogP contribution in [0.4, 0.5) is 0 Å². The first-order chi connectivity index (χ1) is 7.74. The van der Waals surface area contributed by atoms with Crippen molar-refractivity contribution in [3.05, 3.63) is 35.9 Å². The van der Waals surface area contributed by atoms with Gasteiger partial charge in [0, 0.05) is 5.56 Å². The molecular weight excluding hydrogens is 204 g/mol. The van der Waals surface area contributed by atoms with Gasteiger partial charge in [-0.15, -0.1) is 0 Å². The number of hydrazine groups is 1. The Morgan fingerprint density at radius 2 is 2.19 bits per heavy atom. The van der Waals surface area contributed by atoms with Gasteiger partial charge in [-0.2, -0.15) is 0 Å². The predicted molar refractivity (Wildman–Crippen MR) is 62.3 cm³/mol. The summed E-state index contributed by atoms with van der Waals surface area (Å²) >= 11 is 0. The topological polar surface area (TPSA) is 56.5 Å². The number of fused-ring (bicyclic) bond motifs is 1. The van der Waals surface area contributed by atoms with Crippen LogP contribution < -0.4 is 20.7 Å². The van der Waals surface area contributed by atoms with Gasteiger partial charge in [0.05, 0.1) is 6.04 Å². The summed E-state index contributed by atoms with van der Waals surface area (Å²) in [6.07, 6.45) is 0. The molecule has 1 aliphatic rings. The number of rotatable bonds is 3. The zero-order valence-electron chi connectivity index (χ0n) is 9.32. The molecule has 0 bridgehead atoms. The third kappa shape index (κ3) is 1.89. The Morgan fingerprint density at radius 3 is 2.88 bits per heavy atom. The Labute approximate surface area is 95.0 Å². The Morgan fingerprint density at radius 1 is 1.44 bits per heavy atom. The number of nitrogens with two attached hydrogens (primary N) is 1. The van der Waals surface area contributed by atoms with E-state index in [2.05, 4.69) is 12.0 Å². The molecular formula is C12H16N2O2. The van der Waals surface area contributed by atoms with Crippen LogP contribution >= 0.6 is 0 Å². The van der Waals surface area contributed by atoms with Crippen LogP contribution in [0.5, 0.6) is 11.5 Å². The van der Waals surface area contributed by atoms with E-state index in [-0.39, 0.29) is 6.04 Å².